The van der Waals surface area contributed by atoms with Crippen molar-refractivity contribution in [3.05, 3.63) is 111 Å². The van der Waals surface area contributed by atoms with E-state index < -0.39 is 41.9 Å². The van der Waals surface area contributed by atoms with Gasteiger partial charge in [0.05, 0.1) is 29.3 Å². The summed E-state index contributed by atoms with van der Waals surface area (Å²) >= 11 is 7.17. The summed E-state index contributed by atoms with van der Waals surface area (Å²) < 4.78 is 34.2. The summed E-state index contributed by atoms with van der Waals surface area (Å²) in [5.74, 6) is -3.03. The molecule has 2 heterocycles. The molecule has 0 aliphatic carbocycles. The van der Waals surface area contributed by atoms with Gasteiger partial charge in [-0.1, -0.05) is 35.9 Å². The van der Waals surface area contributed by atoms with Gasteiger partial charge in [-0.3, -0.25) is 19.3 Å². The minimum atomic E-state index is -1.52. The number of carbonyl (C=O) groups excluding carboxylic acids is 3. The lowest BCUT2D eigenvalue weighted by atomic mass is 10.0. The van der Waals surface area contributed by atoms with Gasteiger partial charge in [0.15, 0.2) is 0 Å². The lowest BCUT2D eigenvalue weighted by Gasteiger charge is -2.32. The van der Waals surface area contributed by atoms with Crippen molar-refractivity contribution in [3.8, 4) is 0 Å². The maximum absolute atomic E-state index is 15.0. The van der Waals surface area contributed by atoms with Gasteiger partial charge in [0.1, 0.15) is 23.4 Å². The second-order valence-electron chi connectivity index (χ2n) is 7.74. The first kappa shape index (κ1) is 26.1. The Labute approximate surface area is 219 Å². The van der Waals surface area contributed by atoms with Crippen LogP contribution in [0, 0.1) is 11.6 Å². The van der Waals surface area contributed by atoms with Crippen molar-refractivity contribution in [2.75, 3.05) is 11.4 Å². The first-order valence-corrected chi connectivity index (χ1v) is 12.2. The molecule has 0 fully saturated rings. The highest BCUT2D eigenvalue weighted by Gasteiger charge is 2.35. The summed E-state index contributed by atoms with van der Waals surface area (Å²) in [6.07, 6.45) is 1.43. The molecule has 190 valence electrons. The summed E-state index contributed by atoms with van der Waals surface area (Å²) in [6.45, 7) is -0.555. The highest BCUT2D eigenvalue weighted by atomic mass is 35.5. The van der Waals surface area contributed by atoms with Crippen LogP contribution in [0.4, 0.5) is 14.5 Å². The molecule has 0 spiro atoms. The average molecular weight is 544 g/mol. The van der Waals surface area contributed by atoms with Crippen molar-refractivity contribution in [2.24, 2.45) is 0 Å². The normalized spacial score (nSPS) is 11.5. The van der Waals surface area contributed by atoms with Crippen molar-refractivity contribution < 1.29 is 27.6 Å². The van der Waals surface area contributed by atoms with E-state index >= 15 is 4.39 Å². The van der Waals surface area contributed by atoms with Gasteiger partial charge < -0.3 is 15.1 Å². The molecule has 4 rings (SSSR count). The van der Waals surface area contributed by atoms with Gasteiger partial charge in [-0.2, -0.15) is 0 Å². The van der Waals surface area contributed by atoms with Crippen molar-refractivity contribution >= 4 is 46.3 Å². The molecule has 3 amide bonds. The zero-order valence-corrected chi connectivity index (χ0v) is 20.7. The number of halogens is 3. The second-order valence-corrected chi connectivity index (χ2v) is 9.10. The Morgan fingerprint density at radius 1 is 0.973 bits per heavy atom. The number of amides is 3. The third kappa shape index (κ3) is 6.22. The molecule has 7 nitrogen and oxygen atoms in total. The Morgan fingerprint density at radius 2 is 1.78 bits per heavy atom. The lowest BCUT2D eigenvalue weighted by molar-refractivity contribution is -0.126. The van der Waals surface area contributed by atoms with Crippen molar-refractivity contribution in [1.82, 2.24) is 10.6 Å². The summed E-state index contributed by atoms with van der Waals surface area (Å²) in [4.78, 5) is 40.8. The molecule has 11 heteroatoms. The predicted octanol–water partition coefficient (Wildman–Crippen LogP) is 5.09. The maximum Gasteiger partial charge on any atom is 0.261 e. The first-order valence-electron chi connectivity index (χ1n) is 11.0. The third-order valence-electron chi connectivity index (χ3n) is 5.32. The quantitative estimate of drug-likeness (QED) is 0.307. The zero-order valence-electron chi connectivity index (χ0n) is 19.1. The van der Waals surface area contributed by atoms with Gasteiger partial charge in [-0.05, 0) is 47.8 Å². The molecule has 2 N–H and O–H groups in total. The summed E-state index contributed by atoms with van der Waals surface area (Å²) in [5.41, 5.74) is -0.0824. The van der Waals surface area contributed by atoms with Crippen LogP contribution >= 0.6 is 22.9 Å². The van der Waals surface area contributed by atoms with E-state index in [0.717, 1.165) is 23.1 Å². The Hall–Kier alpha value is -4.02. The van der Waals surface area contributed by atoms with Gasteiger partial charge in [0, 0.05) is 11.3 Å². The van der Waals surface area contributed by atoms with E-state index in [1.54, 1.807) is 29.6 Å². The van der Waals surface area contributed by atoms with E-state index in [9.17, 15) is 18.8 Å². The fourth-order valence-electron chi connectivity index (χ4n) is 3.59. The summed E-state index contributed by atoms with van der Waals surface area (Å²) in [5, 5.41) is 6.56. The molecular formula is C26H20ClF2N3O4S. The molecule has 4 aromatic rings. The number of hydrogen-bond acceptors (Lipinski definition) is 5. The molecule has 1 atom stereocenters. The molecule has 0 saturated carbocycles. The number of rotatable bonds is 9. The van der Waals surface area contributed by atoms with Gasteiger partial charge in [0.2, 0.25) is 11.8 Å². The van der Waals surface area contributed by atoms with Crippen LogP contribution < -0.4 is 15.5 Å². The van der Waals surface area contributed by atoms with E-state index in [1.807, 2.05) is 0 Å². The van der Waals surface area contributed by atoms with Crippen LogP contribution in [0.1, 0.15) is 27.0 Å². The van der Waals surface area contributed by atoms with Crippen LogP contribution in [0.5, 0.6) is 0 Å². The van der Waals surface area contributed by atoms with Crippen LogP contribution in [-0.2, 0) is 16.1 Å². The van der Waals surface area contributed by atoms with E-state index in [4.69, 9.17) is 16.0 Å². The molecule has 0 aliphatic rings. The largest absolute Gasteiger partial charge is 0.467 e. The van der Waals surface area contributed by atoms with Gasteiger partial charge in [-0.25, -0.2) is 8.78 Å². The molecule has 0 bridgehead atoms. The third-order valence-corrected chi connectivity index (χ3v) is 6.48. The molecule has 2 aromatic carbocycles. The highest BCUT2D eigenvalue weighted by Crippen LogP contribution is 2.32. The molecule has 2 aromatic heterocycles. The fraction of sp³-hybridized carbons (Fsp3) is 0.115. The maximum atomic E-state index is 15.0. The minimum Gasteiger partial charge on any atom is -0.467 e. The molecule has 1 unspecified atom stereocenters. The Morgan fingerprint density at radius 3 is 2.46 bits per heavy atom. The van der Waals surface area contributed by atoms with Crippen LogP contribution in [0.3, 0.4) is 0 Å². The van der Waals surface area contributed by atoms with Crippen LogP contribution in [0.2, 0.25) is 5.02 Å². The van der Waals surface area contributed by atoms with Gasteiger partial charge in [-0.15, -0.1) is 11.3 Å². The van der Waals surface area contributed by atoms with Crippen molar-refractivity contribution in [3.63, 3.8) is 0 Å². The predicted molar refractivity (Wildman–Crippen MR) is 135 cm³/mol. The number of carbonyl (C=O) groups is 3. The van der Waals surface area contributed by atoms with Crippen LogP contribution in [-0.4, -0.2) is 24.3 Å². The number of nitrogens with one attached hydrogen (secondary N) is 2. The number of anilines is 1. The fourth-order valence-corrected chi connectivity index (χ4v) is 4.40. The van der Waals surface area contributed by atoms with Crippen molar-refractivity contribution in [1.29, 1.82) is 0 Å². The molecule has 37 heavy (non-hydrogen) atoms. The SMILES string of the molecule is O=C(NCC(=O)N(c1ccc(F)c(Cl)c1)C(C(=O)NCc1ccco1)c1ccccc1F)c1cccs1. The smallest absolute Gasteiger partial charge is 0.261 e. The number of nitrogens with zero attached hydrogens (tertiary/aromatic N) is 1. The lowest BCUT2D eigenvalue weighted by Crippen LogP contribution is -2.47. The number of furan rings is 1. The van der Waals surface area contributed by atoms with Gasteiger partial charge >= 0.3 is 0 Å². The molecular weight excluding hydrogens is 524 g/mol. The number of thiophene rings is 1. The standard InChI is InChI=1S/C26H20ClF2N3O4S/c27-19-13-16(9-10-21(19)29)32(23(33)15-31-25(34)22-8-4-12-37-22)24(18-6-1-2-7-20(18)28)26(35)30-14-17-5-3-11-36-17/h1-13,24H,14-15H2,(H,30,35)(H,31,34). The van der Waals surface area contributed by atoms with Crippen LogP contribution in [0.25, 0.3) is 0 Å². The van der Waals surface area contributed by atoms with E-state index in [0.29, 0.717) is 10.6 Å². The van der Waals surface area contributed by atoms with E-state index in [2.05, 4.69) is 10.6 Å². The second kappa shape index (κ2) is 11.8. The van der Waals surface area contributed by atoms with E-state index in [-0.39, 0.29) is 22.8 Å². The Balaban J connectivity index is 1.72. The van der Waals surface area contributed by atoms with Crippen molar-refractivity contribution in [2.45, 2.75) is 12.6 Å². The number of hydrogen-bond donors (Lipinski definition) is 2. The Bertz CT molecular complexity index is 1400. The molecule has 0 aliphatic heterocycles. The monoisotopic (exact) mass is 543 g/mol. The first-order chi connectivity index (χ1) is 17.8. The van der Waals surface area contributed by atoms with Crippen LogP contribution in [0.15, 0.2) is 82.8 Å². The topological polar surface area (TPSA) is 91.7 Å². The molecule has 0 radical (unpaired) electrons. The highest BCUT2D eigenvalue weighted by molar-refractivity contribution is 7.12. The minimum absolute atomic E-state index is 0.0297. The Kier molecular flexibility index (Phi) is 8.32. The van der Waals surface area contributed by atoms with Gasteiger partial charge in [0.25, 0.3) is 5.91 Å². The summed E-state index contributed by atoms with van der Waals surface area (Å²) in [7, 11) is 0. The zero-order chi connectivity index (χ0) is 26.4. The average Bonchev–Trinajstić information content (AvgIpc) is 3.61. The summed E-state index contributed by atoms with van der Waals surface area (Å²) in [6, 6.07) is 13.9. The van der Waals surface area contributed by atoms with E-state index in [1.165, 1.54) is 41.9 Å². The molecule has 0 saturated heterocycles. The number of benzene rings is 2.